The van der Waals surface area contributed by atoms with Crippen LogP contribution in [-0.2, 0) is 22.5 Å². The molecule has 0 saturated heterocycles. The summed E-state index contributed by atoms with van der Waals surface area (Å²) in [6.45, 7) is 5.17. The number of esters is 1. The molecule has 0 aliphatic rings. The lowest BCUT2D eigenvalue weighted by Gasteiger charge is -2.29. The number of hydrogen-bond acceptors (Lipinski definition) is 3. The monoisotopic (exact) mass is 496 g/mol. The smallest absolute Gasteiger partial charge is 0.306 e. The minimum Gasteiger partial charge on any atom is -0.493 e. The van der Waals surface area contributed by atoms with Crippen molar-refractivity contribution in [2.24, 2.45) is 0 Å². The number of quaternary nitrogens is 1. The molecule has 36 heavy (non-hydrogen) atoms. The Morgan fingerprint density at radius 2 is 1.42 bits per heavy atom. The Hall–Kier alpha value is -2.33. The molecule has 0 bridgehead atoms. The third-order valence-corrected chi connectivity index (χ3v) is 6.68. The van der Waals surface area contributed by atoms with E-state index in [4.69, 9.17) is 9.47 Å². The van der Waals surface area contributed by atoms with Crippen LogP contribution < -0.4 is 4.74 Å². The number of carbonyl (C=O) groups excluding carboxylic acids is 1. The van der Waals surface area contributed by atoms with Crippen molar-refractivity contribution in [3.63, 3.8) is 0 Å². The van der Waals surface area contributed by atoms with Gasteiger partial charge in [-0.1, -0.05) is 100 Å². The van der Waals surface area contributed by atoms with E-state index in [9.17, 15) is 4.79 Å². The molecule has 0 radical (unpaired) electrons. The van der Waals surface area contributed by atoms with Gasteiger partial charge in [0, 0.05) is 18.4 Å². The normalized spacial score (nSPS) is 11.4. The first-order valence-electron chi connectivity index (χ1n) is 14.2. The minimum atomic E-state index is -0.107. The molecule has 0 aromatic heterocycles. The quantitative estimate of drug-likeness (QED) is 0.107. The Morgan fingerprint density at radius 1 is 0.750 bits per heavy atom. The average molecular weight is 497 g/mol. The molecule has 2 aromatic carbocycles. The summed E-state index contributed by atoms with van der Waals surface area (Å²) < 4.78 is 12.3. The molecule has 0 aliphatic carbocycles. The molecule has 0 fully saturated rings. The molecule has 2 rings (SSSR count). The van der Waals surface area contributed by atoms with E-state index in [2.05, 4.69) is 63.5 Å². The standard InChI is InChI=1S/C32H50NO3/c1-4-5-6-7-8-9-10-14-21-30-22-15-16-23-31(30)35-26-18-27-36-32(34)24-17-25-33(2,3)28-29-19-12-11-13-20-29/h11-13,15-16,19-20,22-23H,4-10,14,17-18,21,24-28H2,1-3H3/q+1. The van der Waals surface area contributed by atoms with Crippen molar-refractivity contribution in [1.29, 1.82) is 0 Å². The predicted molar refractivity (Wildman–Crippen MR) is 150 cm³/mol. The fraction of sp³-hybridized carbons (Fsp3) is 0.594. The number of benzene rings is 2. The number of carbonyl (C=O) groups is 1. The van der Waals surface area contributed by atoms with Crippen LogP contribution in [0.4, 0.5) is 0 Å². The Labute approximate surface area is 220 Å². The largest absolute Gasteiger partial charge is 0.493 e. The van der Waals surface area contributed by atoms with E-state index in [0.29, 0.717) is 26.1 Å². The van der Waals surface area contributed by atoms with E-state index in [0.717, 1.165) is 36.2 Å². The fourth-order valence-corrected chi connectivity index (χ4v) is 4.61. The number of aryl methyl sites for hydroxylation is 1. The predicted octanol–water partition coefficient (Wildman–Crippen LogP) is 7.74. The van der Waals surface area contributed by atoms with E-state index in [1.165, 1.54) is 62.5 Å². The maximum absolute atomic E-state index is 12.1. The number of nitrogens with zero attached hydrogens (tertiary/aromatic N) is 1. The van der Waals surface area contributed by atoms with Crippen molar-refractivity contribution < 1.29 is 18.8 Å². The highest BCUT2D eigenvalue weighted by Crippen LogP contribution is 2.21. The number of rotatable bonds is 20. The molecule has 0 unspecified atom stereocenters. The van der Waals surface area contributed by atoms with Crippen LogP contribution >= 0.6 is 0 Å². The van der Waals surface area contributed by atoms with Crippen molar-refractivity contribution in [2.75, 3.05) is 33.9 Å². The van der Waals surface area contributed by atoms with Crippen LogP contribution in [0.25, 0.3) is 0 Å². The molecule has 0 aliphatic heterocycles. The van der Waals surface area contributed by atoms with E-state index in [1.807, 2.05) is 12.1 Å². The molecule has 0 spiro atoms. The van der Waals surface area contributed by atoms with Gasteiger partial charge in [-0.3, -0.25) is 4.79 Å². The molecule has 0 N–H and O–H groups in total. The van der Waals surface area contributed by atoms with Crippen LogP contribution in [0.5, 0.6) is 5.75 Å². The molecule has 0 saturated carbocycles. The van der Waals surface area contributed by atoms with Gasteiger partial charge in [0.05, 0.1) is 40.3 Å². The Morgan fingerprint density at radius 3 is 2.17 bits per heavy atom. The first-order valence-corrected chi connectivity index (χ1v) is 14.2. The second-order valence-corrected chi connectivity index (χ2v) is 10.7. The van der Waals surface area contributed by atoms with Crippen molar-refractivity contribution in [1.82, 2.24) is 0 Å². The summed E-state index contributed by atoms with van der Waals surface area (Å²) in [4.78, 5) is 12.1. The lowest BCUT2D eigenvalue weighted by Crippen LogP contribution is -2.39. The third-order valence-electron chi connectivity index (χ3n) is 6.68. The van der Waals surface area contributed by atoms with E-state index < -0.39 is 0 Å². The number of hydrogen-bond donors (Lipinski definition) is 0. The van der Waals surface area contributed by atoms with Gasteiger partial charge in [-0.05, 0) is 24.5 Å². The van der Waals surface area contributed by atoms with Crippen LogP contribution in [0.3, 0.4) is 0 Å². The van der Waals surface area contributed by atoms with Crippen molar-refractivity contribution in [2.45, 2.75) is 90.5 Å². The van der Waals surface area contributed by atoms with Crippen LogP contribution in [-0.4, -0.2) is 44.3 Å². The van der Waals surface area contributed by atoms with Gasteiger partial charge in [0.15, 0.2) is 0 Å². The summed E-state index contributed by atoms with van der Waals surface area (Å²) in [5.41, 5.74) is 2.61. The summed E-state index contributed by atoms with van der Waals surface area (Å²) in [5, 5.41) is 0. The Balaban J connectivity index is 1.54. The highest BCUT2D eigenvalue weighted by atomic mass is 16.5. The zero-order valence-electron chi connectivity index (χ0n) is 23.2. The summed E-state index contributed by atoms with van der Waals surface area (Å²) in [5.74, 6) is 0.870. The number of unbranched alkanes of at least 4 members (excludes halogenated alkanes) is 7. The van der Waals surface area contributed by atoms with E-state index >= 15 is 0 Å². The lowest BCUT2D eigenvalue weighted by atomic mass is 10.0. The van der Waals surface area contributed by atoms with Gasteiger partial charge in [-0.2, -0.15) is 0 Å². The number of para-hydroxylation sites is 1. The Bertz CT molecular complexity index is 834. The second kappa shape index (κ2) is 18.0. The van der Waals surface area contributed by atoms with Crippen LogP contribution in [0.15, 0.2) is 54.6 Å². The van der Waals surface area contributed by atoms with Gasteiger partial charge in [-0.25, -0.2) is 0 Å². The molecule has 4 heteroatoms. The zero-order valence-corrected chi connectivity index (χ0v) is 23.2. The zero-order chi connectivity index (χ0) is 25.9. The molecular weight excluding hydrogens is 446 g/mol. The second-order valence-electron chi connectivity index (χ2n) is 10.7. The molecule has 0 heterocycles. The maximum atomic E-state index is 12.1. The van der Waals surface area contributed by atoms with Crippen LogP contribution in [0.2, 0.25) is 0 Å². The first kappa shape index (κ1) is 29.9. The molecule has 2 aromatic rings. The van der Waals surface area contributed by atoms with Gasteiger partial charge in [0.2, 0.25) is 0 Å². The minimum absolute atomic E-state index is 0.107. The first-order chi connectivity index (χ1) is 17.5. The SMILES string of the molecule is CCCCCCCCCCc1ccccc1OCCCOC(=O)CCC[N+](C)(C)Cc1ccccc1. The van der Waals surface area contributed by atoms with Crippen LogP contribution in [0.1, 0.15) is 88.7 Å². The summed E-state index contributed by atoms with van der Waals surface area (Å²) in [6, 6.07) is 18.9. The molecule has 4 nitrogen and oxygen atoms in total. The van der Waals surface area contributed by atoms with Gasteiger partial charge >= 0.3 is 5.97 Å². The average Bonchev–Trinajstić information content (AvgIpc) is 2.86. The summed E-state index contributed by atoms with van der Waals surface area (Å²) in [7, 11) is 4.42. The summed E-state index contributed by atoms with van der Waals surface area (Å²) >= 11 is 0. The topological polar surface area (TPSA) is 35.5 Å². The molecule has 0 atom stereocenters. The Kier molecular flexibility index (Phi) is 14.9. The lowest BCUT2D eigenvalue weighted by molar-refractivity contribution is -0.903. The highest BCUT2D eigenvalue weighted by molar-refractivity contribution is 5.69. The highest BCUT2D eigenvalue weighted by Gasteiger charge is 2.16. The van der Waals surface area contributed by atoms with E-state index in [1.54, 1.807) is 0 Å². The number of ether oxygens (including phenoxy) is 2. The van der Waals surface area contributed by atoms with Gasteiger partial charge < -0.3 is 14.0 Å². The fourth-order valence-electron chi connectivity index (χ4n) is 4.61. The van der Waals surface area contributed by atoms with Crippen LogP contribution in [0, 0.1) is 0 Å². The van der Waals surface area contributed by atoms with E-state index in [-0.39, 0.29) is 5.97 Å². The third kappa shape index (κ3) is 13.7. The van der Waals surface area contributed by atoms with Gasteiger partial charge in [0.1, 0.15) is 12.3 Å². The molecule has 200 valence electrons. The molecular formula is C32H50NO3+. The van der Waals surface area contributed by atoms with Gasteiger partial charge in [0.25, 0.3) is 0 Å². The van der Waals surface area contributed by atoms with Gasteiger partial charge in [-0.15, -0.1) is 0 Å². The summed E-state index contributed by atoms with van der Waals surface area (Å²) in [6.07, 6.45) is 13.7. The van der Waals surface area contributed by atoms with Crippen molar-refractivity contribution >= 4 is 5.97 Å². The van der Waals surface area contributed by atoms with Crippen molar-refractivity contribution in [3.8, 4) is 5.75 Å². The van der Waals surface area contributed by atoms with Crippen molar-refractivity contribution in [3.05, 3.63) is 65.7 Å². The molecule has 0 amide bonds. The maximum Gasteiger partial charge on any atom is 0.306 e.